The van der Waals surface area contributed by atoms with Gasteiger partial charge >= 0.3 is 12.1 Å². The van der Waals surface area contributed by atoms with Crippen LogP contribution in [0.2, 0.25) is 0 Å². The van der Waals surface area contributed by atoms with E-state index in [2.05, 4.69) is 33.7 Å². The second kappa shape index (κ2) is 7.11. The Balaban J connectivity index is 0.000000225. The lowest BCUT2D eigenvalue weighted by atomic mass is 9.76. The molecular weight excluding hydrogens is 335 g/mol. The molecule has 0 amide bonds. The number of hydrogen-bond acceptors (Lipinski definition) is 4. The van der Waals surface area contributed by atoms with Crippen molar-refractivity contribution in [3.8, 4) is 0 Å². The fourth-order valence-corrected chi connectivity index (χ4v) is 3.63. The van der Waals surface area contributed by atoms with E-state index in [4.69, 9.17) is 9.90 Å². The number of carboxylic acid groups (broad SMARTS) is 1. The Kier molecular flexibility index (Phi) is 5.08. The van der Waals surface area contributed by atoms with Gasteiger partial charge in [-0.25, -0.2) is 4.79 Å². The molecule has 1 aromatic rings. The van der Waals surface area contributed by atoms with Crippen molar-refractivity contribution in [2.24, 2.45) is 5.92 Å². The molecule has 0 radical (unpaired) electrons. The van der Waals surface area contributed by atoms with E-state index in [1.54, 1.807) is 0 Å². The predicted octanol–water partition coefficient (Wildman–Crippen LogP) is 3.00. The van der Waals surface area contributed by atoms with E-state index >= 15 is 0 Å². The third-order valence-corrected chi connectivity index (χ3v) is 5.03. The molecule has 0 saturated heterocycles. The maximum atomic E-state index is 10.6. The fourth-order valence-electron chi connectivity index (χ4n) is 3.63. The summed E-state index contributed by atoms with van der Waals surface area (Å²) in [5.41, 5.74) is 4.35. The molecule has 1 unspecified atom stereocenters. The van der Waals surface area contributed by atoms with Crippen molar-refractivity contribution in [1.29, 1.82) is 0 Å². The molecule has 1 saturated carbocycles. The van der Waals surface area contributed by atoms with Crippen molar-refractivity contribution in [1.82, 2.24) is 5.32 Å². The number of anilines is 2. The van der Waals surface area contributed by atoms with Crippen LogP contribution in [0.4, 0.5) is 24.5 Å². The number of hydrogen-bond donors (Lipinski definition) is 3. The highest BCUT2D eigenvalue weighted by atomic mass is 19.4. The molecule has 8 heteroatoms. The van der Waals surface area contributed by atoms with Crippen molar-refractivity contribution in [3.05, 3.63) is 23.8 Å². The van der Waals surface area contributed by atoms with Crippen LogP contribution in [-0.4, -0.2) is 43.4 Å². The number of aliphatic carboxylic acids is 1. The molecule has 2 heterocycles. The van der Waals surface area contributed by atoms with Crippen LogP contribution in [0.15, 0.2) is 18.2 Å². The summed E-state index contributed by atoms with van der Waals surface area (Å²) in [5, 5.41) is 14.5. The molecular formula is C17H22F3N3O2. The number of para-hydroxylation sites is 1. The van der Waals surface area contributed by atoms with Crippen LogP contribution in [0.1, 0.15) is 30.9 Å². The predicted molar refractivity (Wildman–Crippen MR) is 88.9 cm³/mol. The Bertz CT molecular complexity index is 632. The van der Waals surface area contributed by atoms with Crippen LogP contribution in [0.25, 0.3) is 0 Å². The number of carboxylic acids is 1. The summed E-state index contributed by atoms with van der Waals surface area (Å²) in [7, 11) is 0. The average Bonchev–Trinajstić information content (AvgIpc) is 2.68. The lowest BCUT2D eigenvalue weighted by Crippen LogP contribution is -2.36. The van der Waals surface area contributed by atoms with Gasteiger partial charge in [0, 0.05) is 32.2 Å². The molecule has 5 nitrogen and oxygen atoms in total. The highest BCUT2D eigenvalue weighted by Crippen LogP contribution is 2.44. The van der Waals surface area contributed by atoms with Crippen molar-refractivity contribution >= 4 is 17.3 Å². The summed E-state index contributed by atoms with van der Waals surface area (Å²) in [6.07, 6.45) is -0.872. The zero-order chi connectivity index (χ0) is 18.0. The van der Waals surface area contributed by atoms with Gasteiger partial charge in [-0.2, -0.15) is 13.2 Å². The normalized spacial score (nSPS) is 22.5. The zero-order valence-corrected chi connectivity index (χ0v) is 13.8. The number of nitrogens with one attached hydrogen (secondary N) is 2. The Morgan fingerprint density at radius 3 is 2.48 bits per heavy atom. The standard InChI is InChI=1S/C15H21N3.C2HF3O2/c1-3-11(4-1)14-12-5-2-6-13-15(12)18(9-7-16-13)10-8-17-14;3-2(4,5)1(6)7/h2,5-6,11,14,16-17H,1,3-4,7-10H2;(H,6,7). The van der Waals surface area contributed by atoms with Crippen LogP contribution in [0, 0.1) is 5.92 Å². The van der Waals surface area contributed by atoms with Gasteiger partial charge in [0.15, 0.2) is 0 Å². The van der Waals surface area contributed by atoms with Crippen LogP contribution < -0.4 is 15.5 Å². The van der Waals surface area contributed by atoms with Gasteiger partial charge in [-0.3, -0.25) is 0 Å². The van der Waals surface area contributed by atoms with E-state index in [1.807, 2.05) is 0 Å². The first-order chi connectivity index (χ1) is 11.9. The third kappa shape index (κ3) is 3.84. The molecule has 1 aromatic carbocycles. The maximum absolute atomic E-state index is 10.6. The van der Waals surface area contributed by atoms with E-state index in [0.717, 1.165) is 32.1 Å². The molecule has 2 aliphatic heterocycles. The minimum absolute atomic E-state index is 0.582. The first-order valence-electron chi connectivity index (χ1n) is 8.53. The van der Waals surface area contributed by atoms with Gasteiger partial charge < -0.3 is 20.6 Å². The largest absolute Gasteiger partial charge is 0.490 e. The number of rotatable bonds is 1. The third-order valence-electron chi connectivity index (χ3n) is 5.03. The van der Waals surface area contributed by atoms with Crippen molar-refractivity contribution in [2.45, 2.75) is 31.5 Å². The summed E-state index contributed by atoms with van der Waals surface area (Å²) in [6.45, 7) is 4.48. The number of benzene rings is 1. The summed E-state index contributed by atoms with van der Waals surface area (Å²) in [4.78, 5) is 11.5. The molecule has 138 valence electrons. The number of alkyl halides is 3. The molecule has 0 spiro atoms. The summed E-state index contributed by atoms with van der Waals surface area (Å²) >= 11 is 0. The summed E-state index contributed by atoms with van der Waals surface area (Å²) < 4.78 is 31.7. The van der Waals surface area contributed by atoms with E-state index < -0.39 is 12.1 Å². The molecule has 1 fully saturated rings. The zero-order valence-electron chi connectivity index (χ0n) is 13.8. The van der Waals surface area contributed by atoms with Gasteiger partial charge in [0.1, 0.15) is 0 Å². The van der Waals surface area contributed by atoms with Crippen LogP contribution in [0.3, 0.4) is 0 Å². The summed E-state index contributed by atoms with van der Waals surface area (Å²) in [5.74, 6) is -1.90. The van der Waals surface area contributed by atoms with Gasteiger partial charge in [0.25, 0.3) is 0 Å². The highest BCUT2D eigenvalue weighted by molar-refractivity contribution is 5.76. The van der Waals surface area contributed by atoms with Crippen LogP contribution >= 0.6 is 0 Å². The van der Waals surface area contributed by atoms with Crippen LogP contribution in [0.5, 0.6) is 0 Å². The van der Waals surface area contributed by atoms with Crippen LogP contribution in [-0.2, 0) is 4.79 Å². The minimum Gasteiger partial charge on any atom is -0.475 e. The number of halogens is 3. The Morgan fingerprint density at radius 2 is 1.88 bits per heavy atom. The van der Waals surface area contributed by atoms with Crippen molar-refractivity contribution in [2.75, 3.05) is 36.4 Å². The molecule has 3 N–H and O–H groups in total. The second-order valence-corrected chi connectivity index (χ2v) is 6.58. The first-order valence-corrected chi connectivity index (χ1v) is 8.53. The molecule has 3 aliphatic rings. The highest BCUT2D eigenvalue weighted by Gasteiger charge is 2.38. The fraction of sp³-hybridized carbons (Fsp3) is 0.588. The second-order valence-electron chi connectivity index (χ2n) is 6.58. The van der Waals surface area contributed by atoms with Gasteiger partial charge in [0.2, 0.25) is 0 Å². The van der Waals surface area contributed by atoms with Gasteiger partial charge in [0.05, 0.1) is 11.4 Å². The van der Waals surface area contributed by atoms with E-state index in [-0.39, 0.29) is 0 Å². The van der Waals surface area contributed by atoms with Gasteiger partial charge in [-0.15, -0.1) is 0 Å². The molecule has 0 aromatic heterocycles. The topological polar surface area (TPSA) is 64.6 Å². The Hall–Kier alpha value is -1.96. The monoisotopic (exact) mass is 357 g/mol. The Labute approximate surface area is 144 Å². The molecule has 0 bridgehead atoms. The lowest BCUT2D eigenvalue weighted by Gasteiger charge is -2.36. The molecule has 1 aliphatic carbocycles. The lowest BCUT2D eigenvalue weighted by molar-refractivity contribution is -0.192. The first kappa shape index (κ1) is 17.8. The smallest absolute Gasteiger partial charge is 0.475 e. The Morgan fingerprint density at radius 1 is 1.20 bits per heavy atom. The van der Waals surface area contributed by atoms with E-state index in [0.29, 0.717) is 6.04 Å². The summed E-state index contributed by atoms with van der Waals surface area (Å²) in [6, 6.07) is 7.36. The molecule has 25 heavy (non-hydrogen) atoms. The average molecular weight is 357 g/mol. The molecule has 1 atom stereocenters. The maximum Gasteiger partial charge on any atom is 0.490 e. The van der Waals surface area contributed by atoms with Gasteiger partial charge in [-0.1, -0.05) is 18.6 Å². The van der Waals surface area contributed by atoms with Crippen molar-refractivity contribution in [3.63, 3.8) is 0 Å². The van der Waals surface area contributed by atoms with Crippen molar-refractivity contribution < 1.29 is 23.1 Å². The minimum atomic E-state index is -5.08. The van der Waals surface area contributed by atoms with E-state index in [9.17, 15) is 13.2 Å². The number of carbonyl (C=O) groups is 1. The van der Waals surface area contributed by atoms with Gasteiger partial charge in [-0.05, 0) is 30.4 Å². The van der Waals surface area contributed by atoms with E-state index in [1.165, 1.54) is 36.2 Å². The quantitative estimate of drug-likeness (QED) is 0.721. The molecule has 4 rings (SSSR count). The number of nitrogens with zero attached hydrogens (tertiary/aromatic N) is 1. The SMILES string of the molecule is O=C(O)C(F)(F)F.c1cc2c3c(c1)C(C1CCC1)NCCN3CCN2.